The van der Waals surface area contributed by atoms with Crippen molar-refractivity contribution >= 4 is 11.7 Å². The lowest BCUT2D eigenvalue weighted by Gasteiger charge is -2.29. The number of carbonyl (C=O) groups is 2. The fourth-order valence-electron chi connectivity index (χ4n) is 2.20. The summed E-state index contributed by atoms with van der Waals surface area (Å²) in [6, 6.07) is 0. The van der Waals surface area contributed by atoms with Crippen molar-refractivity contribution in [2.24, 2.45) is 0 Å². The van der Waals surface area contributed by atoms with Gasteiger partial charge in [0, 0.05) is 11.8 Å². The van der Waals surface area contributed by atoms with E-state index in [4.69, 9.17) is 4.74 Å². The Balaban J connectivity index is 2.22. The molecule has 2 aliphatic heterocycles. The highest BCUT2D eigenvalue weighted by molar-refractivity contribution is 6.09. The normalized spacial score (nSPS) is 37.1. The molecule has 5 nitrogen and oxygen atoms in total. The molecule has 0 aliphatic carbocycles. The van der Waals surface area contributed by atoms with E-state index >= 15 is 0 Å². The van der Waals surface area contributed by atoms with Gasteiger partial charge in [-0.3, -0.25) is 14.5 Å². The Labute approximate surface area is 104 Å². The summed E-state index contributed by atoms with van der Waals surface area (Å²) in [7, 11) is 0. The Morgan fingerprint density at radius 3 is 2.78 bits per heavy atom. The van der Waals surface area contributed by atoms with E-state index < -0.39 is 30.5 Å². The van der Waals surface area contributed by atoms with Crippen LogP contribution in [-0.2, 0) is 14.3 Å². The van der Waals surface area contributed by atoms with Crippen LogP contribution in [0.5, 0.6) is 0 Å². The summed E-state index contributed by atoms with van der Waals surface area (Å²) in [5, 5.41) is 9.64. The molecule has 0 aromatic heterocycles. The predicted octanol–water partition coefficient (Wildman–Crippen LogP) is 0.525. The number of hydrogen-bond acceptors (Lipinski definition) is 4. The molecule has 0 saturated carbocycles. The largest absolute Gasteiger partial charge is 0.387 e. The molecule has 1 amide bonds. The van der Waals surface area contributed by atoms with Crippen LogP contribution < -0.4 is 0 Å². The van der Waals surface area contributed by atoms with Crippen molar-refractivity contribution in [1.29, 1.82) is 0 Å². The maximum atomic E-state index is 13.9. The van der Waals surface area contributed by atoms with E-state index in [0.717, 1.165) is 4.90 Å². The molecule has 1 N–H and O–H groups in total. The standard InChI is InChI=1S/C12H16FNO4/c1-3-8-11(17)10(13)12(18-8)14-5-6(2)7(15)4-9(14)16/h5,8,10-12,17H,3-4H2,1-2H3/t8-,10-,11-,12-/m1/s1. The number of halogens is 1. The Bertz CT molecular complexity index is 409. The lowest BCUT2D eigenvalue weighted by Crippen LogP contribution is -2.45. The highest BCUT2D eigenvalue weighted by Gasteiger charge is 2.47. The Morgan fingerprint density at radius 2 is 2.22 bits per heavy atom. The zero-order chi connectivity index (χ0) is 13.4. The fourth-order valence-corrected chi connectivity index (χ4v) is 2.20. The number of carbonyl (C=O) groups excluding carboxylic acids is 2. The van der Waals surface area contributed by atoms with Gasteiger partial charge in [-0.2, -0.15) is 0 Å². The molecule has 6 heteroatoms. The number of aliphatic hydroxyl groups is 1. The topological polar surface area (TPSA) is 66.8 Å². The van der Waals surface area contributed by atoms with Crippen LogP contribution in [0.2, 0.25) is 0 Å². The second-order valence-electron chi connectivity index (χ2n) is 4.62. The average Bonchev–Trinajstić information content (AvgIpc) is 2.61. The predicted molar refractivity (Wildman–Crippen MR) is 60.1 cm³/mol. The number of nitrogens with zero attached hydrogens (tertiary/aromatic N) is 1. The molecule has 18 heavy (non-hydrogen) atoms. The number of ketones is 1. The molecule has 1 saturated heterocycles. The van der Waals surface area contributed by atoms with Crippen molar-refractivity contribution in [3.63, 3.8) is 0 Å². The number of alkyl halides is 1. The van der Waals surface area contributed by atoms with E-state index in [-0.39, 0.29) is 12.2 Å². The van der Waals surface area contributed by atoms with E-state index in [1.54, 1.807) is 13.8 Å². The molecule has 100 valence electrons. The van der Waals surface area contributed by atoms with Gasteiger partial charge in [0.25, 0.3) is 0 Å². The minimum absolute atomic E-state index is 0.266. The van der Waals surface area contributed by atoms with Crippen LogP contribution >= 0.6 is 0 Å². The van der Waals surface area contributed by atoms with Gasteiger partial charge in [0.15, 0.2) is 18.2 Å². The van der Waals surface area contributed by atoms with Crippen molar-refractivity contribution in [1.82, 2.24) is 4.90 Å². The van der Waals surface area contributed by atoms with Gasteiger partial charge >= 0.3 is 0 Å². The first kappa shape index (κ1) is 13.2. The van der Waals surface area contributed by atoms with Crippen molar-refractivity contribution in [2.45, 2.75) is 51.3 Å². The molecule has 4 atom stereocenters. The third-order valence-electron chi connectivity index (χ3n) is 3.34. The van der Waals surface area contributed by atoms with Crippen LogP contribution in [-0.4, -0.2) is 46.3 Å². The molecular weight excluding hydrogens is 241 g/mol. The molecule has 0 spiro atoms. The second-order valence-corrected chi connectivity index (χ2v) is 4.62. The first-order valence-corrected chi connectivity index (χ1v) is 5.96. The van der Waals surface area contributed by atoms with E-state index in [9.17, 15) is 19.1 Å². The van der Waals surface area contributed by atoms with Gasteiger partial charge in [-0.25, -0.2) is 4.39 Å². The minimum Gasteiger partial charge on any atom is -0.387 e. The number of hydrogen-bond donors (Lipinski definition) is 1. The number of ether oxygens (including phenoxy) is 1. The lowest BCUT2D eigenvalue weighted by atomic mass is 10.1. The minimum atomic E-state index is -1.66. The first-order chi connectivity index (χ1) is 8.45. The lowest BCUT2D eigenvalue weighted by molar-refractivity contribution is -0.146. The maximum absolute atomic E-state index is 13.9. The van der Waals surface area contributed by atoms with E-state index in [1.807, 2.05) is 0 Å². The summed E-state index contributed by atoms with van der Waals surface area (Å²) in [6.45, 7) is 3.34. The van der Waals surface area contributed by atoms with Gasteiger partial charge in [0.2, 0.25) is 5.91 Å². The molecular formula is C12H16FNO4. The molecule has 2 heterocycles. The van der Waals surface area contributed by atoms with Crippen molar-refractivity contribution in [2.75, 3.05) is 0 Å². The molecule has 1 fully saturated rings. The SMILES string of the molecule is CC[C@H]1O[C@@H](N2C=C(C)C(=O)CC2=O)[C@H](F)[C@@H]1O. The second kappa shape index (κ2) is 4.78. The van der Waals surface area contributed by atoms with Gasteiger partial charge in [0.05, 0.1) is 12.5 Å². The maximum Gasteiger partial charge on any atom is 0.236 e. The zero-order valence-electron chi connectivity index (χ0n) is 10.3. The van der Waals surface area contributed by atoms with Gasteiger partial charge in [-0.05, 0) is 13.3 Å². The fraction of sp³-hybridized carbons (Fsp3) is 0.667. The summed E-state index contributed by atoms with van der Waals surface area (Å²) in [5.41, 5.74) is 0.389. The molecule has 2 rings (SSSR count). The van der Waals surface area contributed by atoms with Crippen LogP contribution in [0, 0.1) is 0 Å². The molecule has 0 unspecified atom stereocenters. The van der Waals surface area contributed by atoms with Gasteiger partial charge in [-0.15, -0.1) is 0 Å². The van der Waals surface area contributed by atoms with E-state index in [1.165, 1.54) is 6.20 Å². The van der Waals surface area contributed by atoms with Crippen LogP contribution in [0.4, 0.5) is 4.39 Å². The Hall–Kier alpha value is -1.27. The van der Waals surface area contributed by atoms with E-state index in [0.29, 0.717) is 12.0 Å². The summed E-state index contributed by atoms with van der Waals surface area (Å²) < 4.78 is 19.3. The van der Waals surface area contributed by atoms with Gasteiger partial charge in [-0.1, -0.05) is 6.92 Å². The van der Waals surface area contributed by atoms with Crippen molar-refractivity contribution < 1.29 is 23.8 Å². The highest BCUT2D eigenvalue weighted by Crippen LogP contribution is 2.30. The number of aliphatic hydroxyl groups excluding tert-OH is 1. The quantitative estimate of drug-likeness (QED) is 0.733. The Kier molecular flexibility index (Phi) is 3.49. The number of allylic oxidation sites excluding steroid dienone is 1. The number of Topliss-reactive ketones (excluding diaryl/α,β-unsaturated/α-hetero) is 1. The van der Waals surface area contributed by atoms with Crippen molar-refractivity contribution in [3.8, 4) is 0 Å². The molecule has 0 bridgehead atoms. The van der Waals surface area contributed by atoms with Crippen LogP contribution in [0.15, 0.2) is 11.8 Å². The van der Waals surface area contributed by atoms with Crippen LogP contribution in [0.3, 0.4) is 0 Å². The molecule has 0 aromatic rings. The first-order valence-electron chi connectivity index (χ1n) is 5.96. The van der Waals surface area contributed by atoms with Gasteiger partial charge in [0.1, 0.15) is 6.10 Å². The van der Waals surface area contributed by atoms with Gasteiger partial charge < -0.3 is 9.84 Å². The monoisotopic (exact) mass is 257 g/mol. The molecule has 0 radical (unpaired) electrons. The summed E-state index contributed by atoms with van der Waals surface area (Å²) >= 11 is 0. The molecule has 2 aliphatic rings. The smallest absolute Gasteiger partial charge is 0.236 e. The number of rotatable bonds is 2. The van der Waals surface area contributed by atoms with E-state index in [2.05, 4.69) is 0 Å². The average molecular weight is 257 g/mol. The summed E-state index contributed by atoms with van der Waals surface area (Å²) in [6.07, 6.45) is -3.17. The zero-order valence-corrected chi connectivity index (χ0v) is 10.3. The summed E-state index contributed by atoms with van der Waals surface area (Å²) in [4.78, 5) is 24.1. The summed E-state index contributed by atoms with van der Waals surface area (Å²) in [5.74, 6) is -0.764. The third kappa shape index (κ3) is 2.06. The third-order valence-corrected chi connectivity index (χ3v) is 3.34. The Morgan fingerprint density at radius 1 is 1.56 bits per heavy atom. The van der Waals surface area contributed by atoms with Crippen molar-refractivity contribution in [3.05, 3.63) is 11.8 Å². The van der Waals surface area contributed by atoms with Crippen LogP contribution in [0.25, 0.3) is 0 Å². The highest BCUT2D eigenvalue weighted by atomic mass is 19.1. The number of amides is 1. The van der Waals surface area contributed by atoms with Crippen LogP contribution in [0.1, 0.15) is 26.7 Å². The molecule has 0 aromatic carbocycles.